The number of benzene rings is 1. The highest BCUT2D eigenvalue weighted by atomic mass is 19.4. The SMILES string of the molecule is NC(=O)c1n[nH]nc1-c1cccc(CCN2CCC(C(F)(F)F)CC2)c1. The van der Waals surface area contributed by atoms with Crippen LogP contribution in [0.25, 0.3) is 11.3 Å². The molecule has 6 nitrogen and oxygen atoms in total. The molecule has 0 radical (unpaired) electrons. The molecule has 1 amide bonds. The van der Waals surface area contributed by atoms with Crippen LogP contribution in [0.1, 0.15) is 28.9 Å². The van der Waals surface area contributed by atoms with Gasteiger partial charge in [0.25, 0.3) is 5.91 Å². The van der Waals surface area contributed by atoms with E-state index in [0.717, 1.165) is 11.1 Å². The molecule has 0 unspecified atom stereocenters. The highest BCUT2D eigenvalue weighted by molar-refractivity contribution is 5.96. The van der Waals surface area contributed by atoms with E-state index >= 15 is 0 Å². The third-order valence-corrected chi connectivity index (χ3v) is 4.75. The molecule has 1 fully saturated rings. The first-order chi connectivity index (χ1) is 12.3. The van der Waals surface area contributed by atoms with Gasteiger partial charge in [-0.05, 0) is 44.0 Å². The Kier molecular flexibility index (Phi) is 5.26. The minimum Gasteiger partial charge on any atom is -0.364 e. The van der Waals surface area contributed by atoms with Crippen LogP contribution in [0, 0.1) is 5.92 Å². The van der Waals surface area contributed by atoms with Gasteiger partial charge in [0.1, 0.15) is 5.69 Å². The van der Waals surface area contributed by atoms with Gasteiger partial charge in [0.2, 0.25) is 0 Å². The zero-order chi connectivity index (χ0) is 18.7. The molecule has 2 aromatic rings. The maximum atomic E-state index is 12.7. The van der Waals surface area contributed by atoms with E-state index in [1.165, 1.54) is 0 Å². The highest BCUT2D eigenvalue weighted by Gasteiger charge is 2.40. The molecule has 0 saturated carbocycles. The Bertz CT molecular complexity index is 766. The smallest absolute Gasteiger partial charge is 0.364 e. The lowest BCUT2D eigenvalue weighted by atomic mass is 9.96. The third kappa shape index (κ3) is 4.21. The molecule has 0 bridgehead atoms. The predicted molar refractivity (Wildman–Crippen MR) is 89.3 cm³/mol. The number of piperidine rings is 1. The van der Waals surface area contributed by atoms with Crippen LogP contribution >= 0.6 is 0 Å². The summed E-state index contributed by atoms with van der Waals surface area (Å²) in [5.41, 5.74) is 7.49. The van der Waals surface area contributed by atoms with Gasteiger partial charge < -0.3 is 10.6 Å². The molecule has 9 heteroatoms. The van der Waals surface area contributed by atoms with Gasteiger partial charge in [-0.3, -0.25) is 4.79 Å². The van der Waals surface area contributed by atoms with Crippen LogP contribution in [0.2, 0.25) is 0 Å². The minimum absolute atomic E-state index is 0.0800. The fourth-order valence-corrected chi connectivity index (χ4v) is 3.25. The van der Waals surface area contributed by atoms with E-state index in [1.54, 1.807) is 0 Å². The molecule has 0 spiro atoms. The predicted octanol–water partition coefficient (Wildman–Crippen LogP) is 2.39. The number of nitrogens with two attached hydrogens (primary N) is 1. The van der Waals surface area contributed by atoms with Crippen molar-refractivity contribution >= 4 is 5.91 Å². The largest absolute Gasteiger partial charge is 0.391 e. The summed E-state index contributed by atoms with van der Waals surface area (Å²) in [6.45, 7) is 1.60. The number of halogens is 3. The van der Waals surface area contributed by atoms with Crippen molar-refractivity contribution < 1.29 is 18.0 Å². The monoisotopic (exact) mass is 367 g/mol. The van der Waals surface area contributed by atoms with E-state index in [0.29, 0.717) is 31.7 Å². The standard InChI is InChI=1S/C17H20F3N5O/c18-17(19,20)13-5-8-25(9-6-13)7-4-11-2-1-3-12(10-11)14-15(16(21)26)23-24-22-14/h1-3,10,13H,4-9H2,(H2,21,26)(H,22,23,24). The van der Waals surface area contributed by atoms with Gasteiger partial charge in [-0.2, -0.15) is 28.6 Å². The van der Waals surface area contributed by atoms with Crippen LogP contribution < -0.4 is 5.73 Å². The van der Waals surface area contributed by atoms with E-state index < -0.39 is 18.0 Å². The van der Waals surface area contributed by atoms with Crippen molar-refractivity contribution in [3.63, 3.8) is 0 Å². The number of alkyl halides is 3. The van der Waals surface area contributed by atoms with Crippen molar-refractivity contribution in [2.45, 2.75) is 25.4 Å². The summed E-state index contributed by atoms with van der Waals surface area (Å²) in [5, 5.41) is 10.1. The van der Waals surface area contributed by atoms with Crippen molar-refractivity contribution in [1.82, 2.24) is 20.3 Å². The number of hydrogen-bond donors (Lipinski definition) is 2. The van der Waals surface area contributed by atoms with E-state index in [2.05, 4.69) is 20.3 Å². The van der Waals surface area contributed by atoms with Crippen molar-refractivity contribution in [2.75, 3.05) is 19.6 Å². The van der Waals surface area contributed by atoms with Gasteiger partial charge in [-0.15, -0.1) is 0 Å². The molecule has 1 aliphatic heterocycles. The van der Waals surface area contributed by atoms with Crippen LogP contribution in [0.5, 0.6) is 0 Å². The fraction of sp³-hybridized carbons (Fsp3) is 0.471. The summed E-state index contributed by atoms with van der Waals surface area (Å²) in [6.07, 6.45) is -3.07. The molecule has 1 aromatic carbocycles. The fourth-order valence-electron chi connectivity index (χ4n) is 3.25. The Morgan fingerprint density at radius 2 is 2.00 bits per heavy atom. The van der Waals surface area contributed by atoms with Gasteiger partial charge in [0.05, 0.1) is 5.92 Å². The van der Waals surface area contributed by atoms with Crippen LogP contribution in [-0.2, 0) is 6.42 Å². The Hall–Kier alpha value is -2.42. The minimum atomic E-state index is -4.09. The first-order valence-electron chi connectivity index (χ1n) is 8.43. The van der Waals surface area contributed by atoms with Crippen LogP contribution in [0.4, 0.5) is 13.2 Å². The summed E-state index contributed by atoms with van der Waals surface area (Å²) in [5.74, 6) is -1.84. The van der Waals surface area contributed by atoms with Crippen LogP contribution in [0.3, 0.4) is 0 Å². The van der Waals surface area contributed by atoms with E-state index in [4.69, 9.17) is 5.73 Å². The zero-order valence-electron chi connectivity index (χ0n) is 14.1. The average Bonchev–Trinajstić information content (AvgIpc) is 3.10. The molecule has 1 aliphatic rings. The first kappa shape index (κ1) is 18.4. The molecule has 2 heterocycles. The van der Waals surface area contributed by atoms with Crippen molar-refractivity contribution in [3.8, 4) is 11.3 Å². The van der Waals surface area contributed by atoms with Crippen molar-refractivity contribution in [1.29, 1.82) is 0 Å². The molecule has 3 rings (SSSR count). The maximum Gasteiger partial charge on any atom is 0.391 e. The maximum absolute atomic E-state index is 12.7. The second-order valence-corrected chi connectivity index (χ2v) is 6.49. The molecule has 0 atom stereocenters. The lowest BCUT2D eigenvalue weighted by molar-refractivity contribution is -0.185. The Morgan fingerprint density at radius 3 is 2.65 bits per heavy atom. The van der Waals surface area contributed by atoms with Gasteiger partial charge in [-0.25, -0.2) is 0 Å². The van der Waals surface area contributed by atoms with E-state index in [9.17, 15) is 18.0 Å². The van der Waals surface area contributed by atoms with E-state index in [1.807, 2.05) is 24.3 Å². The summed E-state index contributed by atoms with van der Waals surface area (Å²) in [4.78, 5) is 13.4. The number of nitrogens with one attached hydrogen (secondary N) is 1. The van der Waals surface area contributed by atoms with Crippen molar-refractivity contribution in [3.05, 3.63) is 35.5 Å². The lowest BCUT2D eigenvalue weighted by Crippen LogP contribution is -2.39. The lowest BCUT2D eigenvalue weighted by Gasteiger charge is -2.32. The first-order valence-corrected chi connectivity index (χ1v) is 8.43. The average molecular weight is 367 g/mol. The molecule has 1 saturated heterocycles. The number of primary amides is 1. The summed E-state index contributed by atoms with van der Waals surface area (Å²) in [7, 11) is 0. The Labute approximate surface area is 148 Å². The number of nitrogens with zero attached hydrogens (tertiary/aromatic N) is 3. The number of amides is 1. The van der Waals surface area contributed by atoms with Gasteiger partial charge in [-0.1, -0.05) is 18.2 Å². The number of aromatic nitrogens is 3. The second kappa shape index (κ2) is 7.45. The molecule has 0 aliphatic carbocycles. The molecular formula is C17H20F3N5O. The normalized spacial score (nSPS) is 16.7. The third-order valence-electron chi connectivity index (χ3n) is 4.75. The van der Waals surface area contributed by atoms with E-state index in [-0.39, 0.29) is 18.5 Å². The van der Waals surface area contributed by atoms with Gasteiger partial charge in [0.15, 0.2) is 5.69 Å². The van der Waals surface area contributed by atoms with Crippen LogP contribution in [-0.4, -0.2) is 52.0 Å². The number of H-pyrrole nitrogens is 1. The van der Waals surface area contributed by atoms with Gasteiger partial charge in [0, 0.05) is 12.1 Å². The number of rotatable bonds is 5. The quantitative estimate of drug-likeness (QED) is 0.849. The van der Waals surface area contributed by atoms with Gasteiger partial charge >= 0.3 is 6.18 Å². The highest BCUT2D eigenvalue weighted by Crippen LogP contribution is 2.34. The topological polar surface area (TPSA) is 87.9 Å². The molecule has 1 aromatic heterocycles. The number of likely N-dealkylation sites (tertiary alicyclic amines) is 1. The molecule has 26 heavy (non-hydrogen) atoms. The van der Waals surface area contributed by atoms with Crippen LogP contribution in [0.15, 0.2) is 24.3 Å². The molecular weight excluding hydrogens is 347 g/mol. The molecule has 3 N–H and O–H groups in total. The number of aromatic amines is 1. The summed E-state index contributed by atoms with van der Waals surface area (Å²) in [6, 6.07) is 7.49. The van der Waals surface area contributed by atoms with Crippen molar-refractivity contribution in [2.24, 2.45) is 11.7 Å². The number of carbonyl (C=O) groups is 1. The summed E-state index contributed by atoms with van der Waals surface area (Å²) < 4.78 is 38.2. The molecule has 140 valence electrons. The Morgan fingerprint density at radius 1 is 1.27 bits per heavy atom. The summed E-state index contributed by atoms with van der Waals surface area (Å²) >= 11 is 0. The number of hydrogen-bond acceptors (Lipinski definition) is 4. The Balaban J connectivity index is 1.60. The number of carbonyl (C=O) groups excluding carboxylic acids is 1. The zero-order valence-corrected chi connectivity index (χ0v) is 14.1. The second-order valence-electron chi connectivity index (χ2n) is 6.49.